The number of nitrogens with two attached hydrogens (primary N) is 1. The summed E-state index contributed by atoms with van der Waals surface area (Å²) in [4.78, 5) is 24.4. The number of ether oxygens (including phenoxy) is 3. The van der Waals surface area contributed by atoms with Crippen molar-refractivity contribution in [3.8, 4) is 11.5 Å². The van der Waals surface area contributed by atoms with Crippen molar-refractivity contribution in [2.24, 2.45) is 0 Å². The predicted molar refractivity (Wildman–Crippen MR) is 93.9 cm³/mol. The van der Waals surface area contributed by atoms with Gasteiger partial charge in [0.25, 0.3) is 5.91 Å². The highest BCUT2D eigenvalue weighted by Gasteiger charge is 2.20. The van der Waals surface area contributed by atoms with E-state index in [1.165, 1.54) is 33.3 Å². The van der Waals surface area contributed by atoms with Crippen LogP contribution >= 0.6 is 0 Å². The van der Waals surface area contributed by atoms with Crippen LogP contribution in [0.1, 0.15) is 17.3 Å². The number of carbonyl (C=O) groups excluding carboxylic acids is 2. The Labute approximate surface area is 145 Å². The number of anilines is 2. The summed E-state index contributed by atoms with van der Waals surface area (Å²) in [7, 11) is 3.01. The van der Waals surface area contributed by atoms with Crippen molar-refractivity contribution in [2.75, 3.05) is 25.3 Å². The van der Waals surface area contributed by atoms with Crippen LogP contribution in [0.25, 0.3) is 0 Å². The highest BCUT2D eigenvalue weighted by Crippen LogP contribution is 2.29. The number of rotatable bonds is 6. The number of nitrogen functional groups attached to an aromatic ring is 1. The lowest BCUT2D eigenvalue weighted by Crippen LogP contribution is -2.30. The van der Waals surface area contributed by atoms with Gasteiger partial charge in [0.2, 0.25) is 0 Å². The molecule has 0 radical (unpaired) electrons. The van der Waals surface area contributed by atoms with E-state index in [2.05, 4.69) is 5.32 Å². The molecule has 0 saturated heterocycles. The largest absolute Gasteiger partial charge is 0.497 e. The molecule has 25 heavy (non-hydrogen) atoms. The normalized spacial score (nSPS) is 11.3. The van der Waals surface area contributed by atoms with Crippen LogP contribution in [-0.4, -0.2) is 32.2 Å². The van der Waals surface area contributed by atoms with E-state index in [0.717, 1.165) is 0 Å². The summed E-state index contributed by atoms with van der Waals surface area (Å²) < 4.78 is 15.5. The first kappa shape index (κ1) is 18.1. The molecule has 1 unspecified atom stereocenters. The van der Waals surface area contributed by atoms with Gasteiger partial charge in [-0.3, -0.25) is 4.79 Å². The molecule has 1 atom stereocenters. The lowest BCUT2D eigenvalue weighted by atomic mass is 10.2. The molecule has 132 valence electrons. The fourth-order valence-electron chi connectivity index (χ4n) is 2.05. The SMILES string of the molecule is COc1ccc(OC)c(NC(=O)C(C)OC(=O)c2ccc(N)cc2)c1. The second-order valence-corrected chi connectivity index (χ2v) is 5.23. The zero-order chi connectivity index (χ0) is 18.4. The Balaban J connectivity index is 2.05. The predicted octanol–water partition coefficient (Wildman–Crippen LogP) is 2.47. The van der Waals surface area contributed by atoms with Crippen molar-refractivity contribution in [3.05, 3.63) is 48.0 Å². The Morgan fingerprint density at radius 2 is 1.72 bits per heavy atom. The van der Waals surface area contributed by atoms with Gasteiger partial charge >= 0.3 is 5.97 Å². The Morgan fingerprint density at radius 1 is 1.04 bits per heavy atom. The number of carbonyl (C=O) groups is 2. The molecule has 0 heterocycles. The topological polar surface area (TPSA) is 99.9 Å². The molecular formula is C18H20N2O5. The number of benzene rings is 2. The monoisotopic (exact) mass is 344 g/mol. The molecule has 0 aliphatic carbocycles. The van der Waals surface area contributed by atoms with E-state index in [1.54, 1.807) is 30.3 Å². The second-order valence-electron chi connectivity index (χ2n) is 5.23. The van der Waals surface area contributed by atoms with Crippen molar-refractivity contribution in [3.63, 3.8) is 0 Å². The Hall–Kier alpha value is -3.22. The van der Waals surface area contributed by atoms with Gasteiger partial charge in [-0.15, -0.1) is 0 Å². The second kappa shape index (κ2) is 8.05. The third kappa shape index (κ3) is 4.63. The smallest absolute Gasteiger partial charge is 0.338 e. The van der Waals surface area contributed by atoms with E-state index < -0.39 is 18.0 Å². The summed E-state index contributed by atoms with van der Waals surface area (Å²) in [6.45, 7) is 1.48. The van der Waals surface area contributed by atoms with Crippen LogP contribution in [-0.2, 0) is 9.53 Å². The molecule has 0 spiro atoms. The quantitative estimate of drug-likeness (QED) is 0.617. The van der Waals surface area contributed by atoms with Gasteiger partial charge in [-0.1, -0.05) is 0 Å². The van der Waals surface area contributed by atoms with E-state index in [9.17, 15) is 9.59 Å². The van der Waals surface area contributed by atoms with Crippen molar-refractivity contribution in [1.82, 2.24) is 0 Å². The average Bonchev–Trinajstić information content (AvgIpc) is 2.61. The molecule has 3 N–H and O–H groups in total. The molecule has 0 aliphatic rings. The van der Waals surface area contributed by atoms with Crippen LogP contribution in [0.3, 0.4) is 0 Å². The molecule has 2 rings (SSSR count). The summed E-state index contributed by atoms with van der Waals surface area (Å²) in [5.74, 6) is -0.0792. The zero-order valence-corrected chi connectivity index (χ0v) is 14.2. The van der Waals surface area contributed by atoms with Gasteiger partial charge in [-0.2, -0.15) is 0 Å². The van der Waals surface area contributed by atoms with Gasteiger partial charge in [0, 0.05) is 11.8 Å². The van der Waals surface area contributed by atoms with Crippen LogP contribution < -0.4 is 20.5 Å². The molecule has 0 aromatic heterocycles. The van der Waals surface area contributed by atoms with Crippen LogP contribution in [0.15, 0.2) is 42.5 Å². The van der Waals surface area contributed by atoms with Crippen LogP contribution in [0.2, 0.25) is 0 Å². The van der Waals surface area contributed by atoms with Crippen LogP contribution in [0, 0.1) is 0 Å². The van der Waals surface area contributed by atoms with E-state index in [1.807, 2.05) is 0 Å². The number of amides is 1. The Morgan fingerprint density at radius 3 is 2.32 bits per heavy atom. The standard InChI is InChI=1S/C18H20N2O5/c1-11(25-18(22)12-4-6-13(19)7-5-12)17(21)20-15-10-14(23-2)8-9-16(15)24-3/h4-11H,19H2,1-3H3,(H,20,21). The van der Waals surface area contributed by atoms with E-state index in [0.29, 0.717) is 28.4 Å². The molecule has 2 aromatic carbocycles. The summed E-state index contributed by atoms with van der Waals surface area (Å²) in [5, 5.41) is 2.66. The number of hydrogen-bond acceptors (Lipinski definition) is 6. The zero-order valence-electron chi connectivity index (χ0n) is 14.2. The molecule has 0 aliphatic heterocycles. The van der Waals surface area contributed by atoms with Crippen molar-refractivity contribution in [1.29, 1.82) is 0 Å². The molecule has 0 saturated carbocycles. The maximum absolute atomic E-state index is 12.3. The molecule has 1 amide bonds. The minimum Gasteiger partial charge on any atom is -0.497 e. The van der Waals surface area contributed by atoms with Gasteiger partial charge in [0.15, 0.2) is 6.10 Å². The highest BCUT2D eigenvalue weighted by atomic mass is 16.5. The Bertz CT molecular complexity index is 759. The third-order valence-corrected chi connectivity index (χ3v) is 3.46. The molecule has 0 fully saturated rings. The first-order chi connectivity index (χ1) is 11.9. The average molecular weight is 344 g/mol. The highest BCUT2D eigenvalue weighted by molar-refractivity contribution is 5.98. The van der Waals surface area contributed by atoms with Gasteiger partial charge in [-0.25, -0.2) is 4.79 Å². The van der Waals surface area contributed by atoms with Crippen molar-refractivity contribution < 1.29 is 23.8 Å². The summed E-state index contributed by atoms with van der Waals surface area (Å²) in [6.07, 6.45) is -0.999. The molecular weight excluding hydrogens is 324 g/mol. The van der Waals surface area contributed by atoms with E-state index in [4.69, 9.17) is 19.9 Å². The lowest BCUT2D eigenvalue weighted by Gasteiger charge is -2.16. The van der Waals surface area contributed by atoms with Gasteiger partial charge in [0.05, 0.1) is 25.5 Å². The van der Waals surface area contributed by atoms with E-state index >= 15 is 0 Å². The number of esters is 1. The van der Waals surface area contributed by atoms with Gasteiger partial charge in [0.1, 0.15) is 11.5 Å². The third-order valence-electron chi connectivity index (χ3n) is 3.46. The maximum atomic E-state index is 12.3. The number of nitrogens with one attached hydrogen (secondary N) is 1. The minimum atomic E-state index is -0.999. The molecule has 0 bridgehead atoms. The number of hydrogen-bond donors (Lipinski definition) is 2. The van der Waals surface area contributed by atoms with Gasteiger partial charge in [-0.05, 0) is 43.3 Å². The Kier molecular flexibility index (Phi) is 5.84. The number of methoxy groups -OCH3 is 2. The van der Waals surface area contributed by atoms with Crippen LogP contribution in [0.5, 0.6) is 11.5 Å². The van der Waals surface area contributed by atoms with Crippen molar-refractivity contribution >= 4 is 23.3 Å². The first-order valence-corrected chi connectivity index (χ1v) is 7.54. The van der Waals surface area contributed by atoms with Crippen LogP contribution in [0.4, 0.5) is 11.4 Å². The molecule has 2 aromatic rings. The fourth-order valence-corrected chi connectivity index (χ4v) is 2.05. The summed E-state index contributed by atoms with van der Waals surface area (Å²) in [5.41, 5.74) is 6.84. The summed E-state index contributed by atoms with van der Waals surface area (Å²) >= 11 is 0. The maximum Gasteiger partial charge on any atom is 0.338 e. The molecule has 7 nitrogen and oxygen atoms in total. The first-order valence-electron chi connectivity index (χ1n) is 7.54. The van der Waals surface area contributed by atoms with E-state index in [-0.39, 0.29) is 0 Å². The minimum absolute atomic E-state index is 0.313. The lowest BCUT2D eigenvalue weighted by molar-refractivity contribution is -0.123. The van der Waals surface area contributed by atoms with Crippen molar-refractivity contribution in [2.45, 2.75) is 13.0 Å². The van der Waals surface area contributed by atoms with Gasteiger partial charge < -0.3 is 25.3 Å². The summed E-state index contributed by atoms with van der Waals surface area (Å²) in [6, 6.07) is 11.2. The molecule has 7 heteroatoms. The fraction of sp³-hybridized carbons (Fsp3) is 0.222.